The summed E-state index contributed by atoms with van der Waals surface area (Å²) >= 11 is 1.86. The molecule has 0 fully saturated rings. The minimum atomic E-state index is 1.12. The van der Waals surface area contributed by atoms with Gasteiger partial charge in [0.15, 0.2) is 0 Å². The van der Waals surface area contributed by atoms with E-state index >= 15 is 0 Å². The molecule has 13 rings (SSSR count). The van der Waals surface area contributed by atoms with Gasteiger partial charge in [0.25, 0.3) is 0 Å². The number of aromatic nitrogens is 1. The van der Waals surface area contributed by atoms with E-state index in [0.717, 1.165) is 22.7 Å². The molecule has 3 heteroatoms. The maximum atomic E-state index is 2.43. The van der Waals surface area contributed by atoms with Crippen molar-refractivity contribution in [3.8, 4) is 39.1 Å². The molecule has 0 unspecified atom stereocenters. The summed E-state index contributed by atoms with van der Waals surface area (Å²) in [5, 5.41) is 10.3. The summed E-state index contributed by atoms with van der Waals surface area (Å²) in [5.74, 6) is 0. The lowest BCUT2D eigenvalue weighted by molar-refractivity contribution is 1.18. The molecule has 0 spiro atoms. The second-order valence-electron chi connectivity index (χ2n) is 15.7. The van der Waals surface area contributed by atoms with E-state index in [4.69, 9.17) is 0 Å². The molecule has 2 aromatic heterocycles. The van der Waals surface area contributed by atoms with E-state index in [1.807, 2.05) is 11.3 Å². The molecule has 0 radical (unpaired) electrons. The van der Waals surface area contributed by atoms with Crippen LogP contribution in [-0.4, -0.2) is 4.57 Å². The highest BCUT2D eigenvalue weighted by Gasteiger charge is 2.24. The van der Waals surface area contributed by atoms with Crippen LogP contribution in [0.1, 0.15) is 0 Å². The van der Waals surface area contributed by atoms with Gasteiger partial charge in [-0.25, -0.2) is 0 Å². The van der Waals surface area contributed by atoms with Crippen molar-refractivity contribution in [2.75, 3.05) is 4.90 Å². The Morgan fingerprint density at radius 3 is 1.86 bits per heavy atom. The van der Waals surface area contributed by atoms with Gasteiger partial charge < -0.3 is 9.47 Å². The summed E-state index contributed by atoms with van der Waals surface area (Å²) in [7, 11) is 0. The molecule has 0 bridgehead atoms. The first-order valence-electron chi connectivity index (χ1n) is 20.2. The Morgan fingerprint density at radius 1 is 0.339 bits per heavy atom. The molecule has 59 heavy (non-hydrogen) atoms. The fourth-order valence-corrected chi connectivity index (χ4v) is 10.9. The number of rotatable bonds is 5. The second-order valence-corrected chi connectivity index (χ2v) is 16.8. The van der Waals surface area contributed by atoms with Crippen molar-refractivity contribution in [3.05, 3.63) is 206 Å². The zero-order chi connectivity index (χ0) is 38.6. The predicted molar refractivity (Wildman–Crippen MR) is 253 cm³/mol. The van der Waals surface area contributed by atoms with Crippen LogP contribution in [-0.2, 0) is 0 Å². The number of hydrogen-bond acceptors (Lipinski definition) is 2. The zero-order valence-electron chi connectivity index (χ0n) is 31.9. The van der Waals surface area contributed by atoms with Gasteiger partial charge in [-0.15, -0.1) is 11.3 Å². The molecule has 274 valence electrons. The summed E-state index contributed by atoms with van der Waals surface area (Å²) in [6.45, 7) is 0. The fourth-order valence-electron chi connectivity index (χ4n) is 9.78. The van der Waals surface area contributed by atoms with Crippen LogP contribution in [0, 0.1) is 0 Å². The maximum absolute atomic E-state index is 2.43. The number of hydrogen-bond donors (Lipinski definition) is 0. The van der Waals surface area contributed by atoms with E-state index in [1.54, 1.807) is 0 Å². The van der Waals surface area contributed by atoms with Crippen molar-refractivity contribution < 1.29 is 0 Å². The molecule has 0 saturated carbocycles. The van der Waals surface area contributed by atoms with Crippen LogP contribution >= 0.6 is 11.3 Å². The molecule has 10 aromatic carbocycles. The van der Waals surface area contributed by atoms with Gasteiger partial charge in [-0.1, -0.05) is 133 Å². The van der Waals surface area contributed by atoms with Gasteiger partial charge in [-0.2, -0.15) is 0 Å². The Hall–Kier alpha value is -7.46. The van der Waals surface area contributed by atoms with Crippen LogP contribution in [0.25, 0.3) is 103 Å². The Morgan fingerprint density at radius 2 is 1.00 bits per heavy atom. The fraction of sp³-hybridized carbons (Fsp3) is 0. The van der Waals surface area contributed by atoms with Crippen molar-refractivity contribution in [3.63, 3.8) is 0 Å². The Balaban J connectivity index is 0.940. The first-order chi connectivity index (χ1) is 29.2. The van der Waals surface area contributed by atoms with Crippen molar-refractivity contribution >= 4 is 91.9 Å². The van der Waals surface area contributed by atoms with Gasteiger partial charge >= 0.3 is 0 Å². The highest BCUT2D eigenvalue weighted by molar-refractivity contribution is 7.25. The summed E-state index contributed by atoms with van der Waals surface area (Å²) < 4.78 is 5.03. The van der Waals surface area contributed by atoms with Crippen LogP contribution in [0.15, 0.2) is 206 Å². The largest absolute Gasteiger partial charge is 0.310 e. The maximum Gasteiger partial charge on any atom is 0.0547 e. The lowest BCUT2D eigenvalue weighted by atomic mass is 10.0. The second kappa shape index (κ2) is 12.5. The summed E-state index contributed by atoms with van der Waals surface area (Å²) in [4.78, 5) is 2.43. The molecule has 0 aliphatic heterocycles. The summed E-state index contributed by atoms with van der Waals surface area (Å²) in [6, 6.07) is 76.3. The van der Waals surface area contributed by atoms with Crippen molar-refractivity contribution in [2.24, 2.45) is 0 Å². The van der Waals surface area contributed by atoms with Gasteiger partial charge in [0.05, 0.1) is 11.0 Å². The molecule has 0 atom stereocenters. The highest BCUT2D eigenvalue weighted by Crippen LogP contribution is 2.50. The van der Waals surface area contributed by atoms with Crippen LogP contribution < -0.4 is 4.90 Å². The molecule has 1 aliphatic carbocycles. The molecule has 0 saturated heterocycles. The average Bonchev–Trinajstić information content (AvgIpc) is 3.94. The minimum Gasteiger partial charge on any atom is -0.310 e. The molecular formula is C56H34N2S. The monoisotopic (exact) mass is 766 g/mol. The molecule has 12 aromatic rings. The van der Waals surface area contributed by atoms with E-state index in [0.29, 0.717) is 0 Å². The van der Waals surface area contributed by atoms with Crippen molar-refractivity contribution in [2.45, 2.75) is 0 Å². The average molecular weight is 767 g/mol. The molecule has 1 aliphatic rings. The van der Waals surface area contributed by atoms with E-state index in [-0.39, 0.29) is 0 Å². The third kappa shape index (κ3) is 4.92. The third-order valence-corrected chi connectivity index (χ3v) is 13.6. The Bertz CT molecular complexity index is 3680. The first kappa shape index (κ1) is 32.6. The van der Waals surface area contributed by atoms with Crippen LogP contribution in [0.5, 0.6) is 0 Å². The molecule has 2 heterocycles. The van der Waals surface area contributed by atoms with Gasteiger partial charge in [-0.3, -0.25) is 0 Å². The topological polar surface area (TPSA) is 8.17 Å². The van der Waals surface area contributed by atoms with E-state index in [9.17, 15) is 0 Å². The van der Waals surface area contributed by atoms with E-state index in [2.05, 4.69) is 216 Å². The van der Waals surface area contributed by atoms with Crippen molar-refractivity contribution in [1.82, 2.24) is 4.57 Å². The standard InChI is InChI=1S/C56H34N2S/c1-2-11-39-32-53-51(31-38(39)10-1)45-16-3-5-20-52(45)58(53)41-15-7-14-37(30-41)35-22-24-40(25-23-35)57(43-27-29-47-46-17-4-6-21-54(46)59-55(47)34-43)42-26-28-44-48-18-8-12-36-13-9-19-49(56(36)48)50(44)33-42/h1-34H. The Kier molecular flexibility index (Phi) is 6.92. The SMILES string of the molecule is c1cc(-c2ccc(N(c3ccc4c(c3)-c3cccc5cccc-4c35)c3ccc4c(c3)sc3ccccc34)cc2)cc(-n2c3ccccc3c3cc4ccccc4cc32)c1. The number of anilines is 3. The number of nitrogens with zero attached hydrogens (tertiary/aromatic N) is 2. The van der Waals surface area contributed by atoms with Crippen LogP contribution in [0.2, 0.25) is 0 Å². The van der Waals surface area contributed by atoms with E-state index < -0.39 is 0 Å². The van der Waals surface area contributed by atoms with Gasteiger partial charge in [0.2, 0.25) is 0 Å². The Labute approximate surface area is 345 Å². The predicted octanol–water partition coefficient (Wildman–Crippen LogP) is 16.2. The minimum absolute atomic E-state index is 1.12. The molecule has 0 amide bonds. The lowest BCUT2D eigenvalue weighted by Crippen LogP contribution is -2.10. The zero-order valence-corrected chi connectivity index (χ0v) is 32.7. The normalized spacial score (nSPS) is 12.1. The molecular weight excluding hydrogens is 733 g/mol. The van der Waals surface area contributed by atoms with Gasteiger partial charge in [0, 0.05) is 53.7 Å². The number of para-hydroxylation sites is 1. The molecule has 2 nitrogen and oxygen atoms in total. The smallest absolute Gasteiger partial charge is 0.0547 e. The van der Waals surface area contributed by atoms with Crippen LogP contribution in [0.4, 0.5) is 17.1 Å². The van der Waals surface area contributed by atoms with Gasteiger partial charge in [0.1, 0.15) is 0 Å². The highest BCUT2D eigenvalue weighted by atomic mass is 32.1. The van der Waals surface area contributed by atoms with Crippen LogP contribution in [0.3, 0.4) is 0 Å². The molecule has 0 N–H and O–H groups in total. The summed E-state index contributed by atoms with van der Waals surface area (Å²) in [6.07, 6.45) is 0. The van der Waals surface area contributed by atoms with Crippen molar-refractivity contribution in [1.29, 1.82) is 0 Å². The van der Waals surface area contributed by atoms with Gasteiger partial charge in [-0.05, 0) is 128 Å². The first-order valence-corrected chi connectivity index (χ1v) is 21.1. The number of thiophene rings is 1. The lowest BCUT2D eigenvalue weighted by Gasteiger charge is -2.26. The summed E-state index contributed by atoms with van der Waals surface area (Å²) in [5.41, 5.74) is 14.6. The third-order valence-electron chi connectivity index (χ3n) is 12.5. The quantitative estimate of drug-likeness (QED) is 0.169. The number of benzene rings is 10. The van der Waals surface area contributed by atoms with E-state index in [1.165, 1.54) is 96.9 Å². The number of fused-ring (bicyclic) bond motifs is 10.